The van der Waals surface area contributed by atoms with Crippen LogP contribution in [0.5, 0.6) is 5.75 Å². The van der Waals surface area contributed by atoms with Gasteiger partial charge < -0.3 is 14.2 Å². The second-order valence-corrected chi connectivity index (χ2v) is 5.86. The van der Waals surface area contributed by atoms with Crippen LogP contribution in [0.2, 0.25) is 0 Å². The third-order valence-electron chi connectivity index (χ3n) is 3.53. The van der Waals surface area contributed by atoms with Gasteiger partial charge in [0.2, 0.25) is 0 Å². The van der Waals surface area contributed by atoms with E-state index < -0.39 is 0 Å². The quantitative estimate of drug-likeness (QED) is 0.772. The van der Waals surface area contributed by atoms with E-state index in [1.54, 1.807) is 7.11 Å². The van der Waals surface area contributed by atoms with E-state index in [2.05, 4.69) is 39.0 Å². The lowest BCUT2D eigenvalue weighted by molar-refractivity contribution is -0.0811. The van der Waals surface area contributed by atoms with Gasteiger partial charge in [0, 0.05) is 12.7 Å². The highest BCUT2D eigenvalue weighted by molar-refractivity contribution is 5.39. The van der Waals surface area contributed by atoms with Crippen LogP contribution >= 0.6 is 0 Å². The maximum Gasteiger partial charge on any atom is 0.147 e. The molecule has 0 amide bonds. The number of methoxy groups -OCH3 is 1. The molecule has 0 aromatic heterocycles. The number of rotatable bonds is 3. The fourth-order valence-corrected chi connectivity index (χ4v) is 2.54. The average Bonchev–Trinajstić information content (AvgIpc) is 2.32. The van der Waals surface area contributed by atoms with Gasteiger partial charge in [0.15, 0.2) is 0 Å². The van der Waals surface area contributed by atoms with E-state index in [4.69, 9.17) is 14.2 Å². The number of ether oxygens (including phenoxy) is 3. The predicted molar refractivity (Wildman–Crippen MR) is 75.4 cm³/mol. The summed E-state index contributed by atoms with van der Waals surface area (Å²) < 4.78 is 17.0. The summed E-state index contributed by atoms with van der Waals surface area (Å²) in [4.78, 5) is 0. The number of benzene rings is 1. The molecule has 1 heterocycles. The molecule has 3 heteroatoms. The Morgan fingerprint density at radius 1 is 1.37 bits per heavy atom. The van der Waals surface area contributed by atoms with Gasteiger partial charge in [-0.2, -0.15) is 0 Å². The van der Waals surface area contributed by atoms with Crippen molar-refractivity contribution in [2.24, 2.45) is 0 Å². The monoisotopic (exact) mass is 264 g/mol. The van der Waals surface area contributed by atoms with Crippen molar-refractivity contribution >= 4 is 0 Å². The van der Waals surface area contributed by atoms with Crippen molar-refractivity contribution in [3.8, 4) is 5.75 Å². The fourth-order valence-electron chi connectivity index (χ4n) is 2.54. The summed E-state index contributed by atoms with van der Waals surface area (Å²) in [6, 6.07) is 6.33. The molecule has 0 N–H and O–H groups in total. The third-order valence-corrected chi connectivity index (χ3v) is 3.53. The SMILES string of the molecule is COCOC1CCCC(C)(C)Oc2cc(C)ccc21. The molecule has 1 aliphatic rings. The summed E-state index contributed by atoms with van der Waals surface area (Å²) in [5.41, 5.74) is 2.23. The van der Waals surface area contributed by atoms with Crippen molar-refractivity contribution in [1.82, 2.24) is 0 Å². The highest BCUT2D eigenvalue weighted by Gasteiger charge is 2.27. The molecular formula is C16H24O3. The predicted octanol–water partition coefficient (Wildman–Crippen LogP) is 4.00. The lowest BCUT2D eigenvalue weighted by Gasteiger charge is -2.33. The van der Waals surface area contributed by atoms with Crippen LogP contribution in [-0.2, 0) is 9.47 Å². The second-order valence-electron chi connectivity index (χ2n) is 5.86. The number of aryl methyl sites for hydroxylation is 1. The van der Waals surface area contributed by atoms with Gasteiger partial charge >= 0.3 is 0 Å². The molecule has 106 valence electrons. The highest BCUT2D eigenvalue weighted by Crippen LogP contribution is 2.38. The van der Waals surface area contributed by atoms with Crippen molar-refractivity contribution in [2.45, 2.75) is 51.7 Å². The zero-order valence-corrected chi connectivity index (χ0v) is 12.4. The Bertz CT molecular complexity index is 426. The van der Waals surface area contributed by atoms with Crippen LogP contribution in [0.3, 0.4) is 0 Å². The van der Waals surface area contributed by atoms with Crippen molar-refractivity contribution in [2.75, 3.05) is 13.9 Å². The number of hydrogen-bond acceptors (Lipinski definition) is 3. The molecule has 1 atom stereocenters. The first kappa shape index (κ1) is 14.4. The maximum absolute atomic E-state index is 6.19. The van der Waals surface area contributed by atoms with E-state index >= 15 is 0 Å². The summed E-state index contributed by atoms with van der Waals surface area (Å²) in [7, 11) is 1.65. The van der Waals surface area contributed by atoms with Gasteiger partial charge in [0.05, 0.1) is 6.10 Å². The average molecular weight is 264 g/mol. The highest BCUT2D eigenvalue weighted by atomic mass is 16.7. The van der Waals surface area contributed by atoms with Gasteiger partial charge in [0.25, 0.3) is 0 Å². The molecule has 0 saturated carbocycles. The molecule has 1 aromatic carbocycles. The van der Waals surface area contributed by atoms with E-state index in [1.807, 2.05) is 0 Å². The molecular weight excluding hydrogens is 240 g/mol. The smallest absolute Gasteiger partial charge is 0.147 e. The van der Waals surface area contributed by atoms with Gasteiger partial charge in [-0.1, -0.05) is 12.1 Å². The minimum absolute atomic E-state index is 0.0617. The fraction of sp³-hybridized carbons (Fsp3) is 0.625. The standard InChI is InChI=1S/C16H24O3/c1-12-7-8-13-14(18-11-17-4)6-5-9-16(2,3)19-15(13)10-12/h7-8,10,14H,5-6,9,11H2,1-4H3. The molecule has 1 aliphatic heterocycles. The Morgan fingerprint density at radius 2 is 2.16 bits per heavy atom. The van der Waals surface area contributed by atoms with Gasteiger partial charge in [-0.3, -0.25) is 0 Å². The molecule has 3 nitrogen and oxygen atoms in total. The van der Waals surface area contributed by atoms with Gasteiger partial charge in [-0.05, 0) is 51.7 Å². The van der Waals surface area contributed by atoms with Crippen LogP contribution in [0.15, 0.2) is 18.2 Å². The van der Waals surface area contributed by atoms with Gasteiger partial charge in [0.1, 0.15) is 18.1 Å². The molecule has 1 aromatic rings. The number of fused-ring (bicyclic) bond motifs is 1. The van der Waals surface area contributed by atoms with Crippen LogP contribution in [0.25, 0.3) is 0 Å². The van der Waals surface area contributed by atoms with Crippen molar-refractivity contribution in [3.05, 3.63) is 29.3 Å². The largest absolute Gasteiger partial charge is 0.487 e. The molecule has 0 radical (unpaired) electrons. The summed E-state index contributed by atoms with van der Waals surface area (Å²) in [5, 5.41) is 0. The van der Waals surface area contributed by atoms with Crippen LogP contribution in [0.1, 0.15) is 50.3 Å². The number of hydrogen-bond donors (Lipinski definition) is 0. The topological polar surface area (TPSA) is 27.7 Å². The molecule has 19 heavy (non-hydrogen) atoms. The Balaban J connectivity index is 2.31. The summed E-state index contributed by atoms with van der Waals surface area (Å²) in [6.07, 6.45) is 3.19. The summed E-state index contributed by atoms with van der Waals surface area (Å²) >= 11 is 0. The first-order valence-corrected chi connectivity index (χ1v) is 6.92. The van der Waals surface area contributed by atoms with Gasteiger partial charge in [-0.15, -0.1) is 0 Å². The van der Waals surface area contributed by atoms with Crippen molar-refractivity contribution in [1.29, 1.82) is 0 Å². The molecule has 0 fully saturated rings. The van der Waals surface area contributed by atoms with E-state index in [1.165, 1.54) is 5.56 Å². The van der Waals surface area contributed by atoms with E-state index in [0.717, 1.165) is 30.6 Å². The van der Waals surface area contributed by atoms with Gasteiger partial charge in [-0.25, -0.2) is 0 Å². The molecule has 0 saturated heterocycles. The first-order valence-electron chi connectivity index (χ1n) is 6.92. The van der Waals surface area contributed by atoms with E-state index in [-0.39, 0.29) is 11.7 Å². The molecule has 0 aliphatic carbocycles. The van der Waals surface area contributed by atoms with Crippen LogP contribution in [-0.4, -0.2) is 19.5 Å². The summed E-state index contributed by atoms with van der Waals surface area (Å²) in [5.74, 6) is 0.950. The third kappa shape index (κ3) is 3.71. The minimum atomic E-state index is -0.116. The Hall–Kier alpha value is -1.06. The van der Waals surface area contributed by atoms with Crippen LogP contribution in [0, 0.1) is 6.92 Å². The van der Waals surface area contributed by atoms with Crippen LogP contribution in [0.4, 0.5) is 0 Å². The molecule has 0 bridgehead atoms. The van der Waals surface area contributed by atoms with E-state index in [9.17, 15) is 0 Å². The molecule has 1 unspecified atom stereocenters. The normalized spacial score (nSPS) is 22.0. The Labute approximate surface area is 115 Å². The second kappa shape index (κ2) is 5.93. The lowest BCUT2D eigenvalue weighted by Crippen LogP contribution is -2.30. The van der Waals surface area contributed by atoms with Crippen molar-refractivity contribution in [3.63, 3.8) is 0 Å². The first-order chi connectivity index (χ1) is 9.02. The zero-order valence-electron chi connectivity index (χ0n) is 12.4. The summed E-state index contributed by atoms with van der Waals surface area (Å²) in [6.45, 7) is 6.70. The maximum atomic E-state index is 6.19. The molecule has 0 spiro atoms. The zero-order chi connectivity index (χ0) is 13.9. The van der Waals surface area contributed by atoms with Crippen LogP contribution < -0.4 is 4.74 Å². The lowest BCUT2D eigenvalue weighted by atomic mass is 9.93. The Morgan fingerprint density at radius 3 is 2.89 bits per heavy atom. The van der Waals surface area contributed by atoms with Crippen molar-refractivity contribution < 1.29 is 14.2 Å². The molecule has 2 rings (SSSR count). The van der Waals surface area contributed by atoms with E-state index in [0.29, 0.717) is 6.79 Å². The minimum Gasteiger partial charge on any atom is -0.487 e. The Kier molecular flexibility index (Phi) is 4.48.